The van der Waals surface area contributed by atoms with Crippen LogP contribution in [-0.4, -0.2) is 11.8 Å². The van der Waals surface area contributed by atoms with Crippen molar-refractivity contribution in [2.45, 2.75) is 6.92 Å². The van der Waals surface area contributed by atoms with E-state index < -0.39 is 5.97 Å². The number of aryl methyl sites for hydroxylation is 1. The molecule has 0 saturated carbocycles. The number of rotatable bonds is 4. The number of carbonyl (C=O) groups excluding carboxylic acids is 1. The number of alkyl halides is 1. The molecule has 1 heterocycles. The number of hydrogen-bond acceptors (Lipinski definition) is 5. The van der Waals surface area contributed by atoms with Crippen LogP contribution in [-0.2, 0) is 4.79 Å². The van der Waals surface area contributed by atoms with Gasteiger partial charge in [0.1, 0.15) is 28.7 Å². The molecular weight excluding hydrogens is 332 g/mol. The van der Waals surface area contributed by atoms with Crippen molar-refractivity contribution < 1.29 is 18.7 Å². The predicted molar refractivity (Wildman–Crippen MR) is 90.1 cm³/mol. The SMILES string of the molecule is Cc1oc2cc(OC(=O)CCl)ccc2c(=O)c1Oc1ccccc1. The Bertz CT molecular complexity index is 947. The maximum absolute atomic E-state index is 12.6. The van der Waals surface area contributed by atoms with E-state index in [1.54, 1.807) is 19.1 Å². The summed E-state index contributed by atoms with van der Waals surface area (Å²) in [5.74, 6) is 0.410. The van der Waals surface area contributed by atoms with Gasteiger partial charge in [0.05, 0.1) is 5.39 Å². The Morgan fingerprint density at radius 2 is 1.88 bits per heavy atom. The fraction of sp³-hybridized carbons (Fsp3) is 0.111. The van der Waals surface area contributed by atoms with Gasteiger partial charge in [-0.1, -0.05) is 18.2 Å². The third-order valence-corrected chi connectivity index (χ3v) is 3.51. The van der Waals surface area contributed by atoms with Crippen LogP contribution in [0.15, 0.2) is 57.7 Å². The summed E-state index contributed by atoms with van der Waals surface area (Å²) in [6.45, 7) is 1.64. The quantitative estimate of drug-likeness (QED) is 0.406. The van der Waals surface area contributed by atoms with Gasteiger partial charge in [0.15, 0.2) is 0 Å². The van der Waals surface area contributed by atoms with E-state index in [9.17, 15) is 9.59 Å². The lowest BCUT2D eigenvalue weighted by Crippen LogP contribution is -2.10. The number of ether oxygens (including phenoxy) is 2. The number of fused-ring (bicyclic) bond motifs is 1. The lowest BCUT2D eigenvalue weighted by atomic mass is 10.2. The molecule has 0 aliphatic heterocycles. The maximum atomic E-state index is 12.6. The van der Waals surface area contributed by atoms with Crippen molar-refractivity contribution in [3.05, 3.63) is 64.5 Å². The van der Waals surface area contributed by atoms with Crippen LogP contribution >= 0.6 is 11.6 Å². The van der Waals surface area contributed by atoms with Crippen molar-refractivity contribution in [2.24, 2.45) is 0 Å². The first-order valence-electron chi connectivity index (χ1n) is 7.15. The Morgan fingerprint density at radius 1 is 1.12 bits per heavy atom. The number of para-hydroxylation sites is 1. The molecule has 0 N–H and O–H groups in total. The van der Waals surface area contributed by atoms with Crippen LogP contribution in [0.3, 0.4) is 0 Å². The molecule has 0 aliphatic carbocycles. The third kappa shape index (κ3) is 3.26. The highest BCUT2D eigenvalue weighted by atomic mass is 35.5. The third-order valence-electron chi connectivity index (χ3n) is 3.29. The summed E-state index contributed by atoms with van der Waals surface area (Å²) in [7, 11) is 0. The molecule has 3 aromatic rings. The van der Waals surface area contributed by atoms with E-state index in [0.29, 0.717) is 22.5 Å². The Labute approximate surface area is 142 Å². The minimum atomic E-state index is -0.584. The van der Waals surface area contributed by atoms with Crippen molar-refractivity contribution in [2.75, 3.05) is 5.88 Å². The van der Waals surface area contributed by atoms with Gasteiger partial charge < -0.3 is 13.9 Å². The number of esters is 1. The monoisotopic (exact) mass is 344 g/mol. The number of hydrogen-bond donors (Lipinski definition) is 0. The lowest BCUT2D eigenvalue weighted by molar-refractivity contribution is -0.131. The van der Waals surface area contributed by atoms with Crippen LogP contribution in [0.4, 0.5) is 0 Å². The van der Waals surface area contributed by atoms with Gasteiger partial charge in [-0.25, -0.2) is 0 Å². The van der Waals surface area contributed by atoms with Gasteiger partial charge in [0, 0.05) is 6.07 Å². The average molecular weight is 345 g/mol. The summed E-state index contributed by atoms with van der Waals surface area (Å²) in [6.07, 6.45) is 0. The second-order valence-corrected chi connectivity index (χ2v) is 5.26. The molecule has 3 rings (SSSR count). The van der Waals surface area contributed by atoms with Crippen molar-refractivity contribution in [3.8, 4) is 17.2 Å². The minimum absolute atomic E-state index is 0.124. The summed E-state index contributed by atoms with van der Waals surface area (Å²) in [4.78, 5) is 23.9. The van der Waals surface area contributed by atoms with Crippen LogP contribution in [0.2, 0.25) is 0 Å². The van der Waals surface area contributed by atoms with Crippen LogP contribution in [0.5, 0.6) is 17.2 Å². The molecule has 0 unspecified atom stereocenters. The van der Waals surface area contributed by atoms with Crippen LogP contribution in [0, 0.1) is 6.92 Å². The number of carbonyl (C=O) groups is 1. The Hall–Kier alpha value is -2.79. The van der Waals surface area contributed by atoms with Crippen molar-refractivity contribution >= 4 is 28.5 Å². The largest absolute Gasteiger partial charge is 0.457 e. The van der Waals surface area contributed by atoms with Gasteiger partial charge >= 0.3 is 5.97 Å². The highest BCUT2D eigenvalue weighted by Crippen LogP contribution is 2.27. The summed E-state index contributed by atoms with van der Waals surface area (Å²) in [6, 6.07) is 13.5. The molecule has 0 bridgehead atoms. The first-order valence-corrected chi connectivity index (χ1v) is 7.69. The molecule has 0 radical (unpaired) electrons. The summed E-state index contributed by atoms with van der Waals surface area (Å²) in [5.41, 5.74) is 0.00519. The van der Waals surface area contributed by atoms with E-state index in [1.807, 2.05) is 18.2 Å². The van der Waals surface area contributed by atoms with Gasteiger partial charge in [-0.15, -0.1) is 11.6 Å². The van der Waals surface area contributed by atoms with E-state index in [4.69, 9.17) is 25.5 Å². The molecule has 122 valence electrons. The second kappa shape index (κ2) is 6.76. The van der Waals surface area contributed by atoms with Gasteiger partial charge in [0.25, 0.3) is 0 Å². The molecule has 0 saturated heterocycles. The molecule has 6 heteroatoms. The average Bonchev–Trinajstić information content (AvgIpc) is 2.59. The van der Waals surface area contributed by atoms with E-state index in [2.05, 4.69) is 0 Å². The molecule has 0 amide bonds. The maximum Gasteiger partial charge on any atom is 0.326 e. The fourth-order valence-electron chi connectivity index (χ4n) is 2.21. The molecule has 0 atom stereocenters. The number of halogens is 1. The number of benzene rings is 2. The first kappa shape index (κ1) is 16.1. The molecule has 24 heavy (non-hydrogen) atoms. The molecule has 0 spiro atoms. The van der Waals surface area contributed by atoms with E-state index in [0.717, 1.165) is 0 Å². The van der Waals surface area contributed by atoms with Gasteiger partial charge in [-0.3, -0.25) is 9.59 Å². The van der Waals surface area contributed by atoms with Gasteiger partial charge in [-0.2, -0.15) is 0 Å². The van der Waals surface area contributed by atoms with E-state index >= 15 is 0 Å². The Kier molecular flexibility index (Phi) is 4.53. The zero-order valence-electron chi connectivity index (χ0n) is 12.7. The topological polar surface area (TPSA) is 65.7 Å². The van der Waals surface area contributed by atoms with Crippen LogP contribution < -0.4 is 14.9 Å². The normalized spacial score (nSPS) is 10.6. The van der Waals surface area contributed by atoms with E-state index in [-0.39, 0.29) is 22.8 Å². The second-order valence-electron chi connectivity index (χ2n) is 5.00. The first-order chi connectivity index (χ1) is 11.6. The lowest BCUT2D eigenvalue weighted by Gasteiger charge is -2.09. The summed E-state index contributed by atoms with van der Waals surface area (Å²) < 4.78 is 16.3. The summed E-state index contributed by atoms with van der Waals surface area (Å²) >= 11 is 5.40. The molecule has 2 aromatic carbocycles. The zero-order valence-corrected chi connectivity index (χ0v) is 13.5. The molecule has 0 aliphatic rings. The smallest absolute Gasteiger partial charge is 0.326 e. The highest BCUT2D eigenvalue weighted by molar-refractivity contribution is 6.26. The van der Waals surface area contributed by atoms with Gasteiger partial charge in [-0.05, 0) is 31.2 Å². The predicted octanol–water partition coefficient (Wildman–Crippen LogP) is 4.04. The van der Waals surface area contributed by atoms with Gasteiger partial charge in [0.2, 0.25) is 11.2 Å². The standard InChI is InChI=1S/C18H13ClO5/c1-11-18(24-12-5-3-2-4-6-12)17(21)14-8-7-13(9-15(14)22-11)23-16(20)10-19/h2-9H,10H2,1H3. The van der Waals surface area contributed by atoms with Crippen molar-refractivity contribution in [1.82, 2.24) is 0 Å². The zero-order chi connectivity index (χ0) is 17.1. The van der Waals surface area contributed by atoms with Crippen LogP contribution in [0.1, 0.15) is 5.76 Å². The summed E-state index contributed by atoms with van der Waals surface area (Å²) in [5, 5.41) is 0.331. The van der Waals surface area contributed by atoms with Crippen molar-refractivity contribution in [3.63, 3.8) is 0 Å². The molecule has 0 fully saturated rings. The van der Waals surface area contributed by atoms with Crippen LogP contribution in [0.25, 0.3) is 11.0 Å². The molecule has 1 aromatic heterocycles. The minimum Gasteiger partial charge on any atom is -0.457 e. The van der Waals surface area contributed by atoms with E-state index in [1.165, 1.54) is 18.2 Å². The Balaban J connectivity index is 2.03. The molecular formula is C18H13ClO5. The highest BCUT2D eigenvalue weighted by Gasteiger charge is 2.15. The Morgan fingerprint density at radius 3 is 2.58 bits per heavy atom. The fourth-order valence-corrected chi connectivity index (χ4v) is 2.27. The molecule has 5 nitrogen and oxygen atoms in total. The van der Waals surface area contributed by atoms with Crippen molar-refractivity contribution in [1.29, 1.82) is 0 Å².